The van der Waals surface area contributed by atoms with Crippen molar-refractivity contribution in [3.63, 3.8) is 0 Å². The first-order chi connectivity index (χ1) is 14.5. The van der Waals surface area contributed by atoms with Crippen molar-refractivity contribution in [2.24, 2.45) is 0 Å². The molecule has 0 heterocycles. The smallest absolute Gasteiger partial charge is 0.104 e. The molecular formula is C27H47BrN2O. The van der Waals surface area contributed by atoms with Gasteiger partial charge >= 0.3 is 0 Å². The largest absolute Gasteiger partial charge is 1.00 e. The SMILES string of the molecule is CC[N+](CC)(CC)Cc1ccccc1.CC[N+](CC)(CC)Cc1ccccc1.C[O-].[Br-]. The fourth-order valence-electron chi connectivity index (χ4n) is 3.95. The molecule has 2 aromatic rings. The van der Waals surface area contributed by atoms with Crippen molar-refractivity contribution in [2.45, 2.75) is 54.6 Å². The van der Waals surface area contributed by atoms with E-state index in [1.165, 1.54) is 72.5 Å². The lowest BCUT2D eigenvalue weighted by Crippen LogP contribution is -3.00. The van der Waals surface area contributed by atoms with Gasteiger partial charge in [-0.2, -0.15) is 7.11 Å². The van der Waals surface area contributed by atoms with E-state index in [0.29, 0.717) is 0 Å². The molecule has 0 fully saturated rings. The lowest BCUT2D eigenvalue weighted by atomic mass is 10.2. The lowest BCUT2D eigenvalue weighted by molar-refractivity contribution is -0.936. The third kappa shape index (κ3) is 11.3. The summed E-state index contributed by atoms with van der Waals surface area (Å²) in [6.45, 7) is 23.4. The molecule has 2 rings (SSSR count). The Bertz CT molecular complexity index is 552. The van der Waals surface area contributed by atoms with E-state index in [9.17, 15) is 0 Å². The number of benzene rings is 2. The maximum Gasteiger partial charge on any atom is 0.104 e. The topological polar surface area (TPSA) is 23.1 Å². The van der Waals surface area contributed by atoms with Gasteiger partial charge in [-0.05, 0) is 41.5 Å². The molecule has 0 unspecified atom stereocenters. The molecule has 0 saturated carbocycles. The number of halogens is 1. The summed E-state index contributed by atoms with van der Waals surface area (Å²) >= 11 is 0. The van der Waals surface area contributed by atoms with Gasteiger partial charge in [-0.1, -0.05) is 60.7 Å². The highest BCUT2D eigenvalue weighted by Gasteiger charge is 2.21. The fourth-order valence-corrected chi connectivity index (χ4v) is 3.95. The van der Waals surface area contributed by atoms with E-state index >= 15 is 0 Å². The van der Waals surface area contributed by atoms with Crippen LogP contribution < -0.4 is 22.1 Å². The van der Waals surface area contributed by atoms with Crippen molar-refractivity contribution in [1.82, 2.24) is 0 Å². The molecule has 0 aliphatic rings. The average molecular weight is 496 g/mol. The van der Waals surface area contributed by atoms with E-state index in [0.717, 1.165) is 7.11 Å². The molecule has 0 aromatic heterocycles. The summed E-state index contributed by atoms with van der Waals surface area (Å²) in [5, 5.41) is 8.25. The van der Waals surface area contributed by atoms with Gasteiger partial charge in [0.05, 0.1) is 39.3 Å². The number of hydrogen-bond donors (Lipinski definition) is 0. The first-order valence-corrected chi connectivity index (χ1v) is 11.7. The molecule has 0 amide bonds. The molecule has 3 nitrogen and oxygen atoms in total. The summed E-state index contributed by atoms with van der Waals surface area (Å²) in [4.78, 5) is 0. The molecule has 0 saturated heterocycles. The van der Waals surface area contributed by atoms with E-state index < -0.39 is 0 Å². The van der Waals surface area contributed by atoms with Gasteiger partial charge < -0.3 is 31.1 Å². The van der Waals surface area contributed by atoms with Crippen LogP contribution in [0.15, 0.2) is 60.7 Å². The van der Waals surface area contributed by atoms with Crippen LogP contribution in [0.2, 0.25) is 0 Å². The van der Waals surface area contributed by atoms with Crippen LogP contribution in [-0.2, 0) is 13.1 Å². The predicted molar refractivity (Wildman–Crippen MR) is 130 cm³/mol. The molecule has 0 N–H and O–H groups in total. The zero-order chi connectivity index (χ0) is 22.9. The molecule has 0 spiro atoms. The Hall–Kier alpha value is -1.20. The van der Waals surface area contributed by atoms with Crippen LogP contribution in [0.4, 0.5) is 0 Å². The highest BCUT2D eigenvalue weighted by atomic mass is 79.9. The molecule has 4 heteroatoms. The minimum Gasteiger partial charge on any atom is -1.00 e. The first-order valence-electron chi connectivity index (χ1n) is 11.7. The molecule has 0 aliphatic heterocycles. The minimum atomic E-state index is 0. The van der Waals surface area contributed by atoms with Crippen LogP contribution in [0.5, 0.6) is 0 Å². The van der Waals surface area contributed by atoms with Crippen molar-refractivity contribution < 1.29 is 31.1 Å². The zero-order valence-electron chi connectivity index (χ0n) is 21.1. The maximum absolute atomic E-state index is 8.25. The second kappa shape index (κ2) is 18.4. The van der Waals surface area contributed by atoms with Crippen LogP contribution >= 0.6 is 0 Å². The molecule has 31 heavy (non-hydrogen) atoms. The van der Waals surface area contributed by atoms with E-state index in [1.54, 1.807) is 0 Å². The quantitative estimate of drug-likeness (QED) is 0.463. The van der Waals surface area contributed by atoms with Gasteiger partial charge in [-0.25, -0.2) is 0 Å². The van der Waals surface area contributed by atoms with Crippen LogP contribution in [0.3, 0.4) is 0 Å². The van der Waals surface area contributed by atoms with Crippen LogP contribution in [0.1, 0.15) is 52.7 Å². The third-order valence-electron chi connectivity index (χ3n) is 6.75. The Kier molecular flexibility index (Phi) is 19.0. The van der Waals surface area contributed by atoms with E-state index in [-0.39, 0.29) is 17.0 Å². The highest BCUT2D eigenvalue weighted by Crippen LogP contribution is 2.14. The second-order valence-corrected chi connectivity index (χ2v) is 7.87. The summed E-state index contributed by atoms with van der Waals surface area (Å²) in [5.74, 6) is 0. The van der Waals surface area contributed by atoms with Gasteiger partial charge in [0.2, 0.25) is 0 Å². The first kappa shape index (κ1) is 32.0. The lowest BCUT2D eigenvalue weighted by Gasteiger charge is -2.35. The summed E-state index contributed by atoms with van der Waals surface area (Å²) < 4.78 is 2.40. The molecule has 0 radical (unpaired) electrons. The minimum absolute atomic E-state index is 0. The molecule has 0 atom stereocenters. The zero-order valence-corrected chi connectivity index (χ0v) is 22.7. The number of hydrogen-bond acceptors (Lipinski definition) is 1. The van der Waals surface area contributed by atoms with Gasteiger partial charge in [-0.15, -0.1) is 0 Å². The van der Waals surface area contributed by atoms with Crippen molar-refractivity contribution in [1.29, 1.82) is 0 Å². The Morgan fingerprint density at radius 3 is 0.903 bits per heavy atom. The molecular weight excluding hydrogens is 448 g/mol. The van der Waals surface area contributed by atoms with Crippen molar-refractivity contribution >= 4 is 0 Å². The second-order valence-electron chi connectivity index (χ2n) is 7.87. The number of quaternary nitrogens is 2. The predicted octanol–water partition coefficient (Wildman–Crippen LogP) is 2.11. The monoisotopic (exact) mass is 494 g/mol. The number of rotatable bonds is 10. The fraction of sp³-hybridized carbons (Fsp3) is 0.556. The van der Waals surface area contributed by atoms with Gasteiger partial charge in [0.15, 0.2) is 0 Å². The van der Waals surface area contributed by atoms with Crippen molar-refractivity contribution in [3.05, 3.63) is 71.8 Å². The summed E-state index contributed by atoms with van der Waals surface area (Å²) in [6, 6.07) is 21.6. The van der Waals surface area contributed by atoms with E-state index in [4.69, 9.17) is 5.11 Å². The molecule has 0 bridgehead atoms. The summed E-state index contributed by atoms with van der Waals surface area (Å²) in [6.07, 6.45) is 0. The molecule has 0 aliphatic carbocycles. The molecule has 178 valence electrons. The van der Waals surface area contributed by atoms with Crippen molar-refractivity contribution in [3.8, 4) is 0 Å². The van der Waals surface area contributed by atoms with E-state index in [1.807, 2.05) is 0 Å². The van der Waals surface area contributed by atoms with Gasteiger partial charge in [0, 0.05) is 11.1 Å². The summed E-state index contributed by atoms with van der Waals surface area (Å²) in [7, 11) is 0.750. The summed E-state index contributed by atoms with van der Waals surface area (Å²) in [5.41, 5.74) is 2.91. The van der Waals surface area contributed by atoms with Crippen molar-refractivity contribution in [2.75, 3.05) is 46.4 Å². The number of nitrogens with zero attached hydrogens (tertiary/aromatic N) is 2. The average Bonchev–Trinajstić information content (AvgIpc) is 2.84. The van der Waals surface area contributed by atoms with Gasteiger partial charge in [0.1, 0.15) is 13.1 Å². The normalized spacial score (nSPS) is 10.7. The Balaban J connectivity index is 0. The maximum atomic E-state index is 8.25. The van der Waals surface area contributed by atoms with Crippen LogP contribution in [0.25, 0.3) is 0 Å². The molecule has 2 aromatic carbocycles. The standard InChI is InChI=1S/2C13H22N.CH3O.BrH/c2*1-4-14(5-2,6-3)12-13-10-8-7-9-11-13;1-2;/h2*7-11H,4-6,12H2,1-3H3;1H3;1H/q2*+1;-1;/p-1. The van der Waals surface area contributed by atoms with Gasteiger partial charge in [-0.3, -0.25) is 0 Å². The Morgan fingerprint density at radius 1 is 0.484 bits per heavy atom. The third-order valence-corrected chi connectivity index (χ3v) is 6.75. The highest BCUT2D eigenvalue weighted by molar-refractivity contribution is 5.14. The van der Waals surface area contributed by atoms with Crippen LogP contribution in [-0.4, -0.2) is 55.3 Å². The Morgan fingerprint density at radius 2 is 0.710 bits per heavy atom. The van der Waals surface area contributed by atoms with Gasteiger partial charge in [0.25, 0.3) is 0 Å². The van der Waals surface area contributed by atoms with Crippen LogP contribution in [0, 0.1) is 0 Å². The Labute approximate surface area is 203 Å². The van der Waals surface area contributed by atoms with E-state index in [2.05, 4.69) is 102 Å².